The van der Waals surface area contributed by atoms with Crippen LogP contribution >= 0.6 is 0 Å². The molecule has 0 saturated carbocycles. The Labute approximate surface area is 101 Å². The summed E-state index contributed by atoms with van der Waals surface area (Å²) in [6.07, 6.45) is 2.10. The van der Waals surface area contributed by atoms with Gasteiger partial charge in [0.25, 0.3) is 0 Å². The number of nitriles is 1. The lowest BCUT2D eigenvalue weighted by molar-refractivity contribution is 0.451. The van der Waals surface area contributed by atoms with Gasteiger partial charge < -0.3 is 9.73 Å². The summed E-state index contributed by atoms with van der Waals surface area (Å²) in [5, 5.41) is 12.2. The van der Waals surface area contributed by atoms with Crippen molar-refractivity contribution < 1.29 is 4.42 Å². The quantitative estimate of drug-likeness (QED) is 0.852. The van der Waals surface area contributed by atoms with Crippen LogP contribution in [-0.4, -0.2) is 0 Å². The van der Waals surface area contributed by atoms with E-state index in [4.69, 9.17) is 9.68 Å². The normalized spacial score (nSPS) is 11.9. The van der Waals surface area contributed by atoms with Gasteiger partial charge in [-0.3, -0.25) is 0 Å². The Morgan fingerprint density at radius 2 is 2.00 bits per heavy atom. The summed E-state index contributed by atoms with van der Waals surface area (Å²) in [7, 11) is 0. The average molecular weight is 226 g/mol. The lowest BCUT2D eigenvalue weighted by Crippen LogP contribution is -2.20. The highest BCUT2D eigenvalue weighted by atomic mass is 16.3. The number of benzene rings is 1. The topological polar surface area (TPSA) is 49.0 Å². The molecule has 2 rings (SSSR count). The highest BCUT2D eigenvalue weighted by Crippen LogP contribution is 2.16. The van der Waals surface area contributed by atoms with Gasteiger partial charge in [0, 0.05) is 6.04 Å². The van der Waals surface area contributed by atoms with E-state index in [1.807, 2.05) is 42.5 Å². The van der Waals surface area contributed by atoms with Crippen LogP contribution in [0.15, 0.2) is 53.1 Å². The highest BCUT2D eigenvalue weighted by molar-refractivity contribution is 5.20. The first-order chi connectivity index (χ1) is 8.40. The zero-order chi connectivity index (χ0) is 11.9. The summed E-state index contributed by atoms with van der Waals surface area (Å²) in [6.45, 7) is 0.633. The molecule has 1 atom stereocenters. The largest absolute Gasteiger partial charge is 0.468 e. The van der Waals surface area contributed by atoms with Crippen LogP contribution in [0.2, 0.25) is 0 Å². The zero-order valence-electron chi connectivity index (χ0n) is 9.47. The van der Waals surface area contributed by atoms with E-state index < -0.39 is 0 Å². The number of hydrogen-bond acceptors (Lipinski definition) is 3. The Kier molecular flexibility index (Phi) is 3.95. The summed E-state index contributed by atoms with van der Waals surface area (Å²) in [6, 6.07) is 16.0. The molecule has 2 aromatic rings. The van der Waals surface area contributed by atoms with E-state index in [2.05, 4.69) is 11.4 Å². The summed E-state index contributed by atoms with van der Waals surface area (Å²) in [4.78, 5) is 0. The van der Waals surface area contributed by atoms with Crippen molar-refractivity contribution in [2.24, 2.45) is 0 Å². The molecule has 0 saturated heterocycles. The Bertz CT molecular complexity index is 471. The molecule has 0 aliphatic heterocycles. The summed E-state index contributed by atoms with van der Waals surface area (Å²) < 4.78 is 5.25. The number of nitrogens with zero attached hydrogens (tertiary/aromatic N) is 1. The van der Waals surface area contributed by atoms with E-state index in [1.165, 1.54) is 0 Å². The molecule has 0 aliphatic carbocycles. The van der Waals surface area contributed by atoms with Crippen LogP contribution in [0.4, 0.5) is 0 Å². The number of hydrogen-bond donors (Lipinski definition) is 1. The molecule has 3 heteroatoms. The minimum atomic E-state index is 0.0475. The van der Waals surface area contributed by atoms with Crippen LogP contribution in [0.5, 0.6) is 0 Å². The van der Waals surface area contributed by atoms with E-state index in [-0.39, 0.29) is 6.04 Å². The fourth-order valence-corrected chi connectivity index (χ4v) is 1.72. The third-order valence-corrected chi connectivity index (χ3v) is 2.60. The lowest BCUT2D eigenvalue weighted by Gasteiger charge is -2.15. The first-order valence-electron chi connectivity index (χ1n) is 5.58. The molecule has 0 bridgehead atoms. The van der Waals surface area contributed by atoms with Crippen molar-refractivity contribution in [1.82, 2.24) is 5.32 Å². The fraction of sp³-hybridized carbons (Fsp3) is 0.214. The van der Waals surface area contributed by atoms with Gasteiger partial charge in [0.2, 0.25) is 0 Å². The molecule has 0 amide bonds. The zero-order valence-corrected chi connectivity index (χ0v) is 9.47. The van der Waals surface area contributed by atoms with Crippen LogP contribution in [0.3, 0.4) is 0 Å². The molecule has 1 unspecified atom stereocenters. The van der Waals surface area contributed by atoms with Crippen LogP contribution < -0.4 is 5.32 Å². The maximum absolute atomic E-state index is 8.84. The second-order valence-corrected chi connectivity index (χ2v) is 3.79. The number of furan rings is 1. The fourth-order valence-electron chi connectivity index (χ4n) is 1.72. The second kappa shape index (κ2) is 5.88. The van der Waals surface area contributed by atoms with Gasteiger partial charge in [0.1, 0.15) is 5.76 Å². The van der Waals surface area contributed by atoms with Crippen molar-refractivity contribution in [2.75, 3.05) is 0 Å². The minimum absolute atomic E-state index is 0.0475. The van der Waals surface area contributed by atoms with Gasteiger partial charge in [-0.25, -0.2) is 0 Å². The summed E-state index contributed by atoms with van der Waals surface area (Å²) >= 11 is 0. The summed E-state index contributed by atoms with van der Waals surface area (Å²) in [5.74, 6) is 0.879. The van der Waals surface area contributed by atoms with E-state index >= 15 is 0 Å². The maximum Gasteiger partial charge on any atom is 0.117 e. The minimum Gasteiger partial charge on any atom is -0.468 e. The van der Waals surface area contributed by atoms with Crippen molar-refractivity contribution in [2.45, 2.75) is 19.0 Å². The van der Waals surface area contributed by atoms with Crippen molar-refractivity contribution in [3.8, 4) is 6.07 Å². The monoisotopic (exact) mass is 226 g/mol. The van der Waals surface area contributed by atoms with E-state index in [1.54, 1.807) is 6.26 Å². The second-order valence-electron chi connectivity index (χ2n) is 3.79. The number of nitrogens with one attached hydrogen (secondary N) is 1. The summed E-state index contributed by atoms with van der Waals surface area (Å²) in [5.41, 5.74) is 1.13. The van der Waals surface area contributed by atoms with Gasteiger partial charge in [0.15, 0.2) is 0 Å². The van der Waals surface area contributed by atoms with Gasteiger partial charge in [-0.15, -0.1) is 0 Å². The smallest absolute Gasteiger partial charge is 0.117 e. The predicted octanol–water partition coefficient (Wildman–Crippen LogP) is 3.02. The molecule has 0 radical (unpaired) electrons. The molecule has 1 aromatic heterocycles. The average Bonchev–Trinajstić information content (AvgIpc) is 2.88. The lowest BCUT2D eigenvalue weighted by atomic mass is 10.0. The number of rotatable bonds is 5. The van der Waals surface area contributed by atoms with Gasteiger partial charge in [-0.2, -0.15) is 5.26 Å². The highest BCUT2D eigenvalue weighted by Gasteiger charge is 2.10. The molecule has 1 heterocycles. The van der Waals surface area contributed by atoms with Gasteiger partial charge in [-0.1, -0.05) is 30.3 Å². The van der Waals surface area contributed by atoms with Crippen LogP contribution in [0.25, 0.3) is 0 Å². The van der Waals surface area contributed by atoms with Gasteiger partial charge in [0.05, 0.1) is 25.3 Å². The van der Waals surface area contributed by atoms with Crippen LogP contribution in [0.1, 0.15) is 23.8 Å². The molecular formula is C14H14N2O. The molecule has 1 N–H and O–H groups in total. The van der Waals surface area contributed by atoms with Crippen molar-refractivity contribution in [3.63, 3.8) is 0 Å². The van der Waals surface area contributed by atoms with Gasteiger partial charge in [-0.05, 0) is 17.7 Å². The molecule has 3 nitrogen and oxygen atoms in total. The van der Waals surface area contributed by atoms with Gasteiger partial charge >= 0.3 is 0 Å². The SMILES string of the molecule is N#CCC(NCc1ccco1)c1ccccc1. The molecule has 0 aliphatic rings. The van der Waals surface area contributed by atoms with Crippen LogP contribution in [-0.2, 0) is 6.54 Å². The predicted molar refractivity (Wildman–Crippen MR) is 65.0 cm³/mol. The van der Waals surface area contributed by atoms with Crippen molar-refractivity contribution >= 4 is 0 Å². The molecule has 17 heavy (non-hydrogen) atoms. The third-order valence-electron chi connectivity index (χ3n) is 2.60. The Morgan fingerprint density at radius 1 is 1.18 bits per heavy atom. The van der Waals surface area contributed by atoms with Crippen LogP contribution in [0, 0.1) is 11.3 Å². The molecule has 1 aromatic carbocycles. The molecule has 0 fully saturated rings. The first-order valence-corrected chi connectivity index (χ1v) is 5.58. The third kappa shape index (κ3) is 3.20. The maximum atomic E-state index is 8.84. The first kappa shape index (κ1) is 11.4. The van der Waals surface area contributed by atoms with E-state index in [0.717, 1.165) is 11.3 Å². The van der Waals surface area contributed by atoms with E-state index in [9.17, 15) is 0 Å². The molecule has 0 spiro atoms. The van der Waals surface area contributed by atoms with Crippen molar-refractivity contribution in [1.29, 1.82) is 5.26 Å². The molecule has 86 valence electrons. The Balaban J connectivity index is 2.01. The standard InChI is InChI=1S/C14H14N2O/c15-9-8-14(12-5-2-1-3-6-12)16-11-13-7-4-10-17-13/h1-7,10,14,16H,8,11H2. The Morgan fingerprint density at radius 3 is 2.65 bits per heavy atom. The van der Waals surface area contributed by atoms with E-state index in [0.29, 0.717) is 13.0 Å². The Hall–Kier alpha value is -2.05. The molecular weight excluding hydrogens is 212 g/mol. The van der Waals surface area contributed by atoms with Crippen molar-refractivity contribution in [3.05, 3.63) is 60.1 Å².